The molecule has 5 nitrogen and oxygen atoms in total. The average molecular weight is 347 g/mol. The third-order valence-corrected chi connectivity index (χ3v) is 4.07. The Kier molecular flexibility index (Phi) is 4.45. The minimum absolute atomic E-state index is 0.181. The van der Waals surface area contributed by atoms with E-state index in [0.717, 1.165) is 6.07 Å². The molecule has 2 aromatic carbocycles. The molecule has 0 saturated carbocycles. The van der Waals surface area contributed by atoms with Crippen LogP contribution < -0.4 is 10.5 Å². The van der Waals surface area contributed by atoms with Crippen molar-refractivity contribution in [1.82, 2.24) is 0 Å². The van der Waals surface area contributed by atoms with Gasteiger partial charge in [-0.2, -0.15) is 0 Å². The van der Waals surface area contributed by atoms with Crippen molar-refractivity contribution in [2.75, 3.05) is 5.32 Å². The summed E-state index contributed by atoms with van der Waals surface area (Å²) in [7, 11) is -4.24. The number of primary sulfonamides is 1. The van der Waals surface area contributed by atoms with Crippen LogP contribution in [0, 0.1) is 11.6 Å². The average Bonchev–Trinajstić information content (AvgIpc) is 2.39. The third kappa shape index (κ3) is 3.41. The van der Waals surface area contributed by atoms with Crippen LogP contribution >= 0.6 is 11.6 Å². The van der Waals surface area contributed by atoms with Crippen molar-refractivity contribution in [1.29, 1.82) is 0 Å². The molecule has 0 aliphatic carbocycles. The van der Waals surface area contributed by atoms with Crippen LogP contribution in [-0.2, 0) is 10.0 Å². The van der Waals surface area contributed by atoms with Gasteiger partial charge in [0.25, 0.3) is 5.91 Å². The summed E-state index contributed by atoms with van der Waals surface area (Å²) < 4.78 is 49.9. The molecule has 0 unspecified atom stereocenters. The van der Waals surface area contributed by atoms with Gasteiger partial charge in [-0.3, -0.25) is 4.79 Å². The first-order chi connectivity index (χ1) is 10.2. The van der Waals surface area contributed by atoms with E-state index in [9.17, 15) is 22.0 Å². The molecule has 0 heterocycles. The van der Waals surface area contributed by atoms with Crippen molar-refractivity contribution in [3.05, 3.63) is 58.6 Å². The van der Waals surface area contributed by atoms with E-state index in [0.29, 0.717) is 12.1 Å². The Hall–Kier alpha value is -2.03. The molecule has 9 heteroatoms. The summed E-state index contributed by atoms with van der Waals surface area (Å²) in [4.78, 5) is 11.4. The van der Waals surface area contributed by atoms with Crippen LogP contribution in [0.25, 0.3) is 0 Å². The maximum atomic E-state index is 13.8. The molecule has 0 atom stereocenters. The maximum absolute atomic E-state index is 13.8. The lowest BCUT2D eigenvalue weighted by Gasteiger charge is -2.09. The van der Waals surface area contributed by atoms with Crippen molar-refractivity contribution in [3.63, 3.8) is 0 Å². The predicted octanol–water partition coefficient (Wildman–Crippen LogP) is 2.52. The van der Waals surface area contributed by atoms with E-state index in [1.165, 1.54) is 18.2 Å². The molecule has 1 amide bonds. The highest BCUT2D eigenvalue weighted by Crippen LogP contribution is 2.25. The van der Waals surface area contributed by atoms with Crippen LogP contribution in [0.4, 0.5) is 14.5 Å². The minimum atomic E-state index is -4.24. The first-order valence-corrected chi connectivity index (χ1v) is 7.70. The Bertz CT molecular complexity index is 856. The minimum Gasteiger partial charge on any atom is -0.319 e. The standard InChI is InChI=1S/C13H9ClF2N2O3S/c14-8-6-10(16)7(5-12(8)22(17,20)21)13(19)18-11-4-2-1-3-9(11)15/h1-6H,(H,18,19)(H2,17,20,21). The second-order valence-electron chi connectivity index (χ2n) is 4.24. The number of amides is 1. The Morgan fingerprint density at radius 3 is 2.36 bits per heavy atom. The summed E-state index contributed by atoms with van der Waals surface area (Å²) in [6.45, 7) is 0. The third-order valence-electron chi connectivity index (χ3n) is 2.69. The highest BCUT2D eigenvalue weighted by atomic mass is 35.5. The SMILES string of the molecule is NS(=O)(=O)c1cc(C(=O)Nc2ccccc2F)c(F)cc1Cl. The van der Waals surface area contributed by atoms with Crippen molar-refractivity contribution < 1.29 is 22.0 Å². The molecule has 2 rings (SSSR count). The van der Waals surface area contributed by atoms with Gasteiger partial charge >= 0.3 is 0 Å². The molecule has 3 N–H and O–H groups in total. The normalized spacial score (nSPS) is 11.3. The zero-order valence-corrected chi connectivity index (χ0v) is 12.4. The van der Waals surface area contributed by atoms with Gasteiger partial charge in [0, 0.05) is 0 Å². The number of nitrogens with one attached hydrogen (secondary N) is 1. The Morgan fingerprint density at radius 1 is 1.14 bits per heavy atom. The number of rotatable bonds is 3. The highest BCUT2D eigenvalue weighted by Gasteiger charge is 2.21. The summed E-state index contributed by atoms with van der Waals surface area (Å²) in [5, 5.41) is 6.60. The fraction of sp³-hybridized carbons (Fsp3) is 0. The zero-order chi connectivity index (χ0) is 16.5. The molecule has 0 saturated heterocycles. The van der Waals surface area contributed by atoms with Crippen LogP contribution in [0.1, 0.15) is 10.4 Å². The van der Waals surface area contributed by atoms with Gasteiger partial charge in [0.2, 0.25) is 10.0 Å². The van der Waals surface area contributed by atoms with E-state index in [2.05, 4.69) is 5.32 Å². The second-order valence-corrected chi connectivity index (χ2v) is 6.18. The molecule has 0 radical (unpaired) electrons. The number of hydrogen-bond acceptors (Lipinski definition) is 3. The first kappa shape index (κ1) is 16.3. The van der Waals surface area contributed by atoms with E-state index < -0.39 is 43.0 Å². The van der Waals surface area contributed by atoms with E-state index >= 15 is 0 Å². The number of halogens is 3. The van der Waals surface area contributed by atoms with Crippen molar-refractivity contribution in [3.8, 4) is 0 Å². The topological polar surface area (TPSA) is 89.3 Å². The number of benzene rings is 2. The van der Waals surface area contributed by atoms with Crippen LogP contribution in [-0.4, -0.2) is 14.3 Å². The van der Waals surface area contributed by atoms with E-state index in [1.807, 2.05) is 0 Å². The number of sulfonamides is 1. The fourth-order valence-corrected chi connectivity index (χ4v) is 2.76. The number of carbonyl (C=O) groups is 1. The Balaban J connectivity index is 2.44. The van der Waals surface area contributed by atoms with Gasteiger partial charge in [-0.1, -0.05) is 23.7 Å². The number of anilines is 1. The fourth-order valence-electron chi connectivity index (χ4n) is 1.67. The quantitative estimate of drug-likeness (QED) is 0.894. The van der Waals surface area contributed by atoms with Crippen molar-refractivity contribution in [2.24, 2.45) is 5.14 Å². The molecule has 0 bridgehead atoms. The van der Waals surface area contributed by atoms with Gasteiger partial charge in [-0.25, -0.2) is 22.3 Å². The maximum Gasteiger partial charge on any atom is 0.258 e. The monoisotopic (exact) mass is 346 g/mol. The molecule has 0 aliphatic heterocycles. The van der Waals surface area contributed by atoms with Crippen molar-refractivity contribution in [2.45, 2.75) is 4.90 Å². The molecule has 2 aromatic rings. The summed E-state index contributed by atoms with van der Waals surface area (Å²) in [6.07, 6.45) is 0. The summed E-state index contributed by atoms with van der Waals surface area (Å²) in [5.74, 6) is -2.83. The van der Waals surface area contributed by atoms with Crippen molar-refractivity contribution >= 4 is 33.2 Å². The van der Waals surface area contributed by atoms with Crippen LogP contribution in [0.15, 0.2) is 41.3 Å². The van der Waals surface area contributed by atoms with Gasteiger partial charge in [0.05, 0.1) is 16.3 Å². The summed E-state index contributed by atoms with van der Waals surface area (Å²) >= 11 is 5.59. The van der Waals surface area contributed by atoms with Crippen LogP contribution in [0.3, 0.4) is 0 Å². The lowest BCUT2D eigenvalue weighted by molar-refractivity contribution is 0.102. The van der Waals surface area contributed by atoms with Gasteiger partial charge in [-0.05, 0) is 24.3 Å². The molecule has 0 fully saturated rings. The van der Waals surface area contributed by atoms with Gasteiger partial charge in [0.1, 0.15) is 16.5 Å². The summed E-state index contributed by atoms with van der Waals surface area (Å²) in [6, 6.07) is 6.59. The van der Waals surface area contributed by atoms with Gasteiger partial charge < -0.3 is 5.32 Å². The van der Waals surface area contributed by atoms with Crippen LogP contribution in [0.5, 0.6) is 0 Å². The molecule has 22 heavy (non-hydrogen) atoms. The van der Waals surface area contributed by atoms with E-state index in [1.54, 1.807) is 0 Å². The number of carbonyl (C=O) groups excluding carboxylic acids is 1. The number of nitrogens with two attached hydrogens (primary N) is 1. The van der Waals surface area contributed by atoms with Gasteiger partial charge in [0.15, 0.2) is 0 Å². The number of hydrogen-bond donors (Lipinski definition) is 2. The predicted molar refractivity (Wildman–Crippen MR) is 77.1 cm³/mol. The van der Waals surface area contributed by atoms with Crippen LogP contribution in [0.2, 0.25) is 5.02 Å². The molecule has 0 aromatic heterocycles. The first-order valence-electron chi connectivity index (χ1n) is 5.78. The number of para-hydroxylation sites is 1. The molecule has 0 spiro atoms. The smallest absolute Gasteiger partial charge is 0.258 e. The Labute approximate surface area is 129 Å². The molecule has 116 valence electrons. The molecular formula is C13H9ClF2N2O3S. The molecule has 0 aliphatic rings. The lowest BCUT2D eigenvalue weighted by Crippen LogP contribution is -2.18. The van der Waals surface area contributed by atoms with E-state index in [-0.39, 0.29) is 5.69 Å². The zero-order valence-electron chi connectivity index (χ0n) is 10.8. The second kappa shape index (κ2) is 5.99. The molecular weight excluding hydrogens is 338 g/mol. The van der Waals surface area contributed by atoms with E-state index in [4.69, 9.17) is 16.7 Å². The lowest BCUT2D eigenvalue weighted by atomic mass is 10.2. The Morgan fingerprint density at radius 2 is 1.77 bits per heavy atom. The largest absolute Gasteiger partial charge is 0.319 e. The summed E-state index contributed by atoms with van der Waals surface area (Å²) in [5.41, 5.74) is -0.810. The van der Waals surface area contributed by atoms with Gasteiger partial charge in [-0.15, -0.1) is 0 Å². The highest BCUT2D eigenvalue weighted by molar-refractivity contribution is 7.89.